The Bertz CT molecular complexity index is 1030. The minimum atomic E-state index is -1.04. The maximum Gasteiger partial charge on any atom is 0.315 e. The summed E-state index contributed by atoms with van der Waals surface area (Å²) in [5.41, 5.74) is 0.766. The molecule has 0 saturated carbocycles. The van der Waals surface area contributed by atoms with Crippen molar-refractivity contribution < 1.29 is 19.1 Å². The van der Waals surface area contributed by atoms with Crippen LogP contribution in [-0.2, 0) is 20.5 Å². The van der Waals surface area contributed by atoms with Gasteiger partial charge in [-0.3, -0.25) is 9.59 Å². The van der Waals surface area contributed by atoms with Gasteiger partial charge in [0.25, 0.3) is 0 Å². The summed E-state index contributed by atoms with van der Waals surface area (Å²) in [4.78, 5) is 27.0. The Morgan fingerprint density at radius 2 is 1.85 bits per heavy atom. The van der Waals surface area contributed by atoms with Gasteiger partial charge in [0.05, 0.1) is 18.4 Å². The van der Waals surface area contributed by atoms with Gasteiger partial charge < -0.3 is 9.47 Å². The third-order valence-electron chi connectivity index (χ3n) is 7.28. The Hall–Kier alpha value is -2.14. The summed E-state index contributed by atoms with van der Waals surface area (Å²) >= 11 is 3.69. The molecule has 2 bridgehead atoms. The number of fused-ring (bicyclic) bond motifs is 2. The second-order valence-corrected chi connectivity index (χ2v) is 8.51. The fourth-order valence-electron chi connectivity index (χ4n) is 5.80. The molecule has 4 nitrogen and oxygen atoms in total. The molecule has 0 unspecified atom stereocenters. The summed E-state index contributed by atoms with van der Waals surface area (Å²) in [5, 5.41) is 0.491. The van der Waals surface area contributed by atoms with Crippen molar-refractivity contribution in [3.63, 3.8) is 0 Å². The van der Waals surface area contributed by atoms with Crippen LogP contribution in [-0.4, -0.2) is 24.2 Å². The first-order chi connectivity index (χ1) is 12.9. The van der Waals surface area contributed by atoms with Crippen molar-refractivity contribution >= 4 is 27.7 Å². The molecular weight excluding hydrogens is 408 g/mol. The predicted molar refractivity (Wildman–Crippen MR) is 104 cm³/mol. The fourth-order valence-corrected chi connectivity index (χ4v) is 6.99. The molecule has 0 aromatic heterocycles. The van der Waals surface area contributed by atoms with Crippen molar-refractivity contribution in [3.05, 3.63) is 64.7 Å². The second kappa shape index (κ2) is 5.02. The molecule has 1 fully saturated rings. The highest BCUT2D eigenvalue weighted by Gasteiger charge is 2.79. The molecule has 1 saturated heterocycles. The molecule has 0 radical (unpaired) electrons. The number of methoxy groups -OCH3 is 1. The second-order valence-electron chi connectivity index (χ2n) is 7.95. The number of carbonyl (C=O) groups is 2. The lowest BCUT2D eigenvalue weighted by Crippen LogP contribution is -2.69. The summed E-state index contributed by atoms with van der Waals surface area (Å²) in [6.45, 7) is 3.84. The zero-order chi connectivity index (χ0) is 19.2. The molecule has 2 aromatic carbocycles. The van der Waals surface area contributed by atoms with Gasteiger partial charge in [-0.25, -0.2) is 0 Å². The summed E-state index contributed by atoms with van der Waals surface area (Å²) in [6.07, 6.45) is 0. The SMILES string of the molecule is COc1ccc2c(c1)C(=O)[C@]1(C)[C@@]3(C)OC(=O)[C@H](c4ccccc43)[C@]21CBr. The number of halogens is 1. The number of ketones is 1. The fraction of sp³-hybridized carbons (Fsp3) is 0.364. The minimum absolute atomic E-state index is 0.00496. The normalized spacial score (nSPS) is 35.3. The maximum atomic E-state index is 13.8. The molecule has 6 rings (SSSR count). The predicted octanol–water partition coefficient (Wildman–Crippen LogP) is 4.10. The molecule has 27 heavy (non-hydrogen) atoms. The lowest BCUT2D eigenvalue weighted by atomic mass is 9.44. The van der Waals surface area contributed by atoms with Crippen molar-refractivity contribution in [2.75, 3.05) is 12.4 Å². The van der Waals surface area contributed by atoms with Crippen LogP contribution in [0.1, 0.15) is 46.8 Å². The first-order valence-corrected chi connectivity index (χ1v) is 10.1. The van der Waals surface area contributed by atoms with Gasteiger partial charge >= 0.3 is 5.97 Å². The molecule has 0 amide bonds. The van der Waals surface area contributed by atoms with E-state index >= 15 is 0 Å². The Morgan fingerprint density at radius 3 is 2.56 bits per heavy atom. The number of carbonyl (C=O) groups excluding carboxylic acids is 2. The standard InChI is InChI=1S/C22H19BrO4/c1-20-18(24)14-10-12(26-3)8-9-16(14)22(20,11-23)17-13-6-4-5-7-15(13)21(20,2)27-19(17)25/h4-10,17H,11H2,1-3H3/t17-,20+,21-,22-/m0/s1. The van der Waals surface area contributed by atoms with Crippen LogP contribution in [0.15, 0.2) is 42.5 Å². The summed E-state index contributed by atoms with van der Waals surface area (Å²) in [6, 6.07) is 13.5. The Morgan fingerprint density at radius 1 is 1.11 bits per heavy atom. The van der Waals surface area contributed by atoms with E-state index in [0.717, 1.165) is 16.7 Å². The highest BCUT2D eigenvalue weighted by Crippen LogP contribution is 2.73. The van der Waals surface area contributed by atoms with Gasteiger partial charge in [0, 0.05) is 21.9 Å². The Labute approximate surface area is 166 Å². The molecule has 0 N–H and O–H groups in total. The molecule has 5 heteroatoms. The third-order valence-corrected chi connectivity index (χ3v) is 8.17. The van der Waals surface area contributed by atoms with E-state index in [1.54, 1.807) is 13.2 Å². The smallest absolute Gasteiger partial charge is 0.315 e. The van der Waals surface area contributed by atoms with Crippen LogP contribution in [0, 0.1) is 5.41 Å². The number of Topliss-reactive ketones (excluding diaryl/α,β-unsaturated/α-hetero) is 1. The first kappa shape index (κ1) is 17.0. The van der Waals surface area contributed by atoms with E-state index in [4.69, 9.17) is 9.47 Å². The van der Waals surface area contributed by atoms with Crippen LogP contribution in [0.2, 0.25) is 0 Å². The number of hydrogen-bond donors (Lipinski definition) is 0. The van der Waals surface area contributed by atoms with Gasteiger partial charge in [-0.05, 0) is 37.1 Å². The summed E-state index contributed by atoms with van der Waals surface area (Å²) < 4.78 is 11.3. The van der Waals surface area contributed by atoms with E-state index in [9.17, 15) is 9.59 Å². The van der Waals surface area contributed by atoms with Gasteiger partial charge in [-0.15, -0.1) is 0 Å². The van der Waals surface area contributed by atoms with Crippen molar-refractivity contribution in [1.82, 2.24) is 0 Å². The van der Waals surface area contributed by atoms with Gasteiger partial charge in [0.1, 0.15) is 11.4 Å². The quantitative estimate of drug-likeness (QED) is 0.535. The van der Waals surface area contributed by atoms with E-state index in [0.29, 0.717) is 16.6 Å². The number of alkyl halides is 1. The van der Waals surface area contributed by atoms with Crippen LogP contribution in [0.5, 0.6) is 5.75 Å². The highest BCUT2D eigenvalue weighted by atomic mass is 79.9. The molecule has 0 spiro atoms. The average molecular weight is 427 g/mol. The number of esters is 1. The number of rotatable bonds is 2. The lowest BCUT2D eigenvalue weighted by Gasteiger charge is -2.62. The lowest BCUT2D eigenvalue weighted by molar-refractivity contribution is -0.206. The molecule has 2 aliphatic carbocycles. The van der Waals surface area contributed by atoms with Gasteiger partial charge in [0.15, 0.2) is 5.78 Å². The number of hydrogen-bond acceptors (Lipinski definition) is 4. The van der Waals surface area contributed by atoms with Crippen molar-refractivity contribution in [3.8, 4) is 5.75 Å². The summed E-state index contributed by atoms with van der Waals surface area (Å²) in [5.74, 6) is -0.148. The van der Waals surface area contributed by atoms with Crippen LogP contribution < -0.4 is 4.74 Å². The Balaban J connectivity index is 1.94. The van der Waals surface area contributed by atoms with Crippen LogP contribution in [0.25, 0.3) is 0 Å². The summed E-state index contributed by atoms with van der Waals surface area (Å²) in [7, 11) is 1.59. The first-order valence-electron chi connectivity index (χ1n) is 8.98. The Kier molecular flexibility index (Phi) is 3.16. The molecule has 2 aromatic rings. The number of benzene rings is 2. The maximum absolute atomic E-state index is 13.8. The van der Waals surface area contributed by atoms with Gasteiger partial charge in [-0.1, -0.05) is 46.3 Å². The van der Waals surface area contributed by atoms with E-state index in [2.05, 4.69) is 15.9 Å². The molecule has 4 aliphatic rings. The van der Waals surface area contributed by atoms with Crippen molar-refractivity contribution in [2.24, 2.45) is 5.41 Å². The topological polar surface area (TPSA) is 52.6 Å². The average Bonchev–Trinajstić information content (AvgIpc) is 2.88. The van der Waals surface area contributed by atoms with Crippen LogP contribution >= 0.6 is 15.9 Å². The largest absolute Gasteiger partial charge is 0.497 e. The van der Waals surface area contributed by atoms with Gasteiger partial charge in [-0.2, -0.15) is 0 Å². The van der Waals surface area contributed by atoms with E-state index in [1.807, 2.05) is 50.2 Å². The number of ether oxygens (including phenoxy) is 2. The zero-order valence-corrected chi connectivity index (χ0v) is 16.9. The zero-order valence-electron chi connectivity index (χ0n) is 15.3. The molecular formula is C22H19BrO4. The van der Waals surface area contributed by atoms with Gasteiger partial charge in [0.2, 0.25) is 0 Å². The van der Waals surface area contributed by atoms with Crippen LogP contribution in [0.4, 0.5) is 0 Å². The monoisotopic (exact) mass is 426 g/mol. The van der Waals surface area contributed by atoms with E-state index in [1.165, 1.54) is 0 Å². The third kappa shape index (κ3) is 1.55. The molecule has 4 atom stereocenters. The van der Waals surface area contributed by atoms with Crippen LogP contribution in [0.3, 0.4) is 0 Å². The molecule has 2 aliphatic heterocycles. The van der Waals surface area contributed by atoms with Crippen molar-refractivity contribution in [2.45, 2.75) is 30.8 Å². The molecule has 2 heterocycles. The van der Waals surface area contributed by atoms with Crippen molar-refractivity contribution in [1.29, 1.82) is 0 Å². The molecule has 138 valence electrons. The van der Waals surface area contributed by atoms with E-state index < -0.39 is 22.3 Å². The minimum Gasteiger partial charge on any atom is -0.497 e. The van der Waals surface area contributed by atoms with E-state index in [-0.39, 0.29) is 11.8 Å². The highest BCUT2D eigenvalue weighted by molar-refractivity contribution is 9.09.